The van der Waals surface area contributed by atoms with E-state index in [0.29, 0.717) is 25.9 Å². The van der Waals surface area contributed by atoms with Crippen molar-refractivity contribution in [3.05, 3.63) is 89.9 Å². The number of aromatic nitrogens is 2. The zero-order chi connectivity index (χ0) is 23.3. The van der Waals surface area contributed by atoms with Crippen LogP contribution in [0.4, 0.5) is 0 Å². The maximum absolute atomic E-state index is 12.8. The van der Waals surface area contributed by atoms with E-state index in [1.54, 1.807) is 18.6 Å². The van der Waals surface area contributed by atoms with Gasteiger partial charge in [0.15, 0.2) is 0 Å². The molecule has 1 amide bonds. The van der Waals surface area contributed by atoms with Crippen molar-refractivity contribution in [3.63, 3.8) is 0 Å². The molecule has 0 bridgehead atoms. The summed E-state index contributed by atoms with van der Waals surface area (Å²) in [6.45, 7) is 2.64. The van der Waals surface area contributed by atoms with E-state index in [1.807, 2.05) is 72.3 Å². The molecule has 2 aromatic carbocycles. The first-order valence-electron chi connectivity index (χ1n) is 11.0. The average Bonchev–Trinajstić information content (AvgIpc) is 3.39. The number of nitrogens with zero attached hydrogens (tertiary/aromatic N) is 3. The van der Waals surface area contributed by atoms with Crippen molar-refractivity contribution in [2.24, 2.45) is 5.92 Å². The molecule has 0 saturated carbocycles. The van der Waals surface area contributed by atoms with Gasteiger partial charge in [0.2, 0.25) is 15.9 Å². The molecule has 8 heteroatoms. The van der Waals surface area contributed by atoms with Crippen LogP contribution < -0.4 is 5.32 Å². The lowest BCUT2D eigenvalue weighted by Crippen LogP contribution is -2.42. The summed E-state index contributed by atoms with van der Waals surface area (Å²) < 4.78 is 28.7. The monoisotopic (exact) mass is 464 g/mol. The fourth-order valence-electron chi connectivity index (χ4n) is 3.95. The van der Waals surface area contributed by atoms with Gasteiger partial charge < -0.3 is 9.88 Å². The Morgan fingerprint density at radius 1 is 1.09 bits per heavy atom. The molecule has 0 unspecified atom stereocenters. The van der Waals surface area contributed by atoms with Crippen LogP contribution in [0.2, 0.25) is 0 Å². The lowest BCUT2D eigenvalue weighted by atomic mass is 9.96. The van der Waals surface area contributed by atoms with Gasteiger partial charge >= 0.3 is 0 Å². The minimum atomic E-state index is -3.50. The molecular weight excluding hydrogens is 436 g/mol. The number of nitrogens with one attached hydrogen (secondary N) is 1. The summed E-state index contributed by atoms with van der Waals surface area (Å²) in [5.74, 6) is -0.222. The second-order valence-corrected chi connectivity index (χ2v) is 10.0. The number of benzene rings is 2. The predicted octanol–water partition coefficient (Wildman–Crippen LogP) is 3.76. The second-order valence-electron chi connectivity index (χ2n) is 8.22. The second kappa shape index (κ2) is 10.1. The Kier molecular flexibility index (Phi) is 7.05. The molecule has 0 radical (unpaired) electrons. The first-order chi connectivity index (χ1) is 15.9. The zero-order valence-corrected chi connectivity index (χ0v) is 19.4. The Morgan fingerprint density at radius 2 is 1.79 bits per heavy atom. The van der Waals surface area contributed by atoms with Crippen molar-refractivity contribution in [3.8, 4) is 5.69 Å². The van der Waals surface area contributed by atoms with Crippen molar-refractivity contribution < 1.29 is 13.2 Å². The molecule has 2 heterocycles. The van der Waals surface area contributed by atoms with E-state index in [4.69, 9.17) is 0 Å². The summed E-state index contributed by atoms with van der Waals surface area (Å²) in [6, 6.07) is 17.2. The van der Waals surface area contributed by atoms with Gasteiger partial charge in [-0.1, -0.05) is 42.5 Å². The van der Waals surface area contributed by atoms with Crippen LogP contribution in [-0.4, -0.2) is 41.3 Å². The van der Waals surface area contributed by atoms with E-state index in [-0.39, 0.29) is 17.9 Å². The van der Waals surface area contributed by atoms with Crippen LogP contribution >= 0.6 is 0 Å². The molecule has 1 saturated heterocycles. The summed E-state index contributed by atoms with van der Waals surface area (Å²) in [5.41, 5.74) is 2.85. The Bertz CT molecular complexity index is 1180. The lowest BCUT2D eigenvalue weighted by molar-refractivity contribution is -0.126. The maximum atomic E-state index is 12.8. The minimum absolute atomic E-state index is 0.0296. The number of piperidine rings is 1. The third-order valence-electron chi connectivity index (χ3n) is 5.97. The van der Waals surface area contributed by atoms with E-state index < -0.39 is 10.0 Å². The topological polar surface area (TPSA) is 84.3 Å². The average molecular weight is 465 g/mol. The van der Waals surface area contributed by atoms with Crippen molar-refractivity contribution >= 4 is 22.0 Å². The van der Waals surface area contributed by atoms with Crippen LogP contribution in [0.5, 0.6) is 0 Å². The van der Waals surface area contributed by atoms with Crippen LogP contribution in [0, 0.1) is 5.92 Å². The maximum Gasteiger partial charge on any atom is 0.236 e. The van der Waals surface area contributed by atoms with Crippen molar-refractivity contribution in [2.75, 3.05) is 13.1 Å². The van der Waals surface area contributed by atoms with E-state index in [2.05, 4.69) is 10.3 Å². The molecule has 1 aliphatic rings. The summed E-state index contributed by atoms with van der Waals surface area (Å²) in [5, 5.41) is 4.33. The highest BCUT2D eigenvalue weighted by atomic mass is 32.2. The van der Waals surface area contributed by atoms with Gasteiger partial charge in [0, 0.05) is 42.5 Å². The molecule has 1 fully saturated rings. The van der Waals surface area contributed by atoms with Crippen molar-refractivity contribution in [1.82, 2.24) is 19.2 Å². The highest BCUT2D eigenvalue weighted by Gasteiger charge is 2.30. The van der Waals surface area contributed by atoms with Crippen LogP contribution in [0.25, 0.3) is 11.8 Å². The Hall–Kier alpha value is -3.23. The number of amides is 1. The highest BCUT2D eigenvalue weighted by molar-refractivity contribution is 7.92. The molecule has 172 valence electrons. The minimum Gasteiger partial charge on any atom is -0.349 e. The summed E-state index contributed by atoms with van der Waals surface area (Å²) in [4.78, 5) is 16.9. The van der Waals surface area contributed by atoms with Gasteiger partial charge in [-0.25, -0.2) is 13.4 Å². The Balaban J connectivity index is 1.29. The SMILES string of the molecule is C[C@@H](NC(=O)C1CCN(S(=O)(=O)/C=C/c2ccccc2)CC1)c1ccc(-n2ccnc2)cc1. The molecule has 1 aromatic heterocycles. The largest absolute Gasteiger partial charge is 0.349 e. The molecule has 4 rings (SSSR count). The van der Waals surface area contributed by atoms with Crippen molar-refractivity contribution in [2.45, 2.75) is 25.8 Å². The van der Waals surface area contributed by atoms with E-state index >= 15 is 0 Å². The fraction of sp³-hybridized carbons (Fsp3) is 0.280. The number of hydrogen-bond acceptors (Lipinski definition) is 4. The third-order valence-corrected chi connectivity index (χ3v) is 7.54. The fourth-order valence-corrected chi connectivity index (χ4v) is 5.17. The summed E-state index contributed by atoms with van der Waals surface area (Å²) in [6.07, 6.45) is 7.97. The van der Waals surface area contributed by atoms with Gasteiger partial charge in [-0.15, -0.1) is 0 Å². The normalized spacial score (nSPS) is 16.6. The number of rotatable bonds is 7. The summed E-state index contributed by atoms with van der Waals surface area (Å²) in [7, 11) is -3.50. The van der Waals surface area contributed by atoms with E-state index in [9.17, 15) is 13.2 Å². The van der Waals surface area contributed by atoms with Crippen LogP contribution in [-0.2, 0) is 14.8 Å². The van der Waals surface area contributed by atoms with Gasteiger partial charge in [0.05, 0.1) is 12.4 Å². The first kappa shape index (κ1) is 22.9. The molecule has 1 atom stereocenters. The number of sulfonamides is 1. The highest BCUT2D eigenvalue weighted by Crippen LogP contribution is 2.23. The molecule has 3 aromatic rings. The predicted molar refractivity (Wildman–Crippen MR) is 129 cm³/mol. The van der Waals surface area contributed by atoms with Crippen LogP contribution in [0.1, 0.15) is 36.9 Å². The smallest absolute Gasteiger partial charge is 0.236 e. The summed E-state index contributed by atoms with van der Waals surface area (Å²) >= 11 is 0. The third kappa shape index (κ3) is 5.77. The van der Waals surface area contributed by atoms with Crippen LogP contribution in [0.3, 0.4) is 0 Å². The number of carbonyl (C=O) groups excluding carboxylic acids is 1. The molecule has 33 heavy (non-hydrogen) atoms. The zero-order valence-electron chi connectivity index (χ0n) is 18.5. The van der Waals surface area contributed by atoms with Gasteiger partial charge in [0.1, 0.15) is 0 Å². The first-order valence-corrected chi connectivity index (χ1v) is 12.5. The van der Waals surface area contributed by atoms with E-state index in [0.717, 1.165) is 16.8 Å². The quantitative estimate of drug-likeness (QED) is 0.577. The Labute approximate surface area is 194 Å². The van der Waals surface area contributed by atoms with Gasteiger partial charge in [-0.2, -0.15) is 4.31 Å². The molecule has 1 N–H and O–H groups in total. The van der Waals surface area contributed by atoms with Crippen molar-refractivity contribution in [1.29, 1.82) is 0 Å². The lowest BCUT2D eigenvalue weighted by Gasteiger charge is -2.30. The van der Waals surface area contributed by atoms with Crippen LogP contribution in [0.15, 0.2) is 78.7 Å². The van der Waals surface area contributed by atoms with Gasteiger partial charge in [-0.05, 0) is 49.1 Å². The molecule has 0 aliphatic carbocycles. The Morgan fingerprint density at radius 3 is 2.42 bits per heavy atom. The standard InChI is InChI=1S/C25H28N4O3S/c1-20(22-7-9-24(10-8-22)28-17-14-26-19-28)27-25(30)23-11-15-29(16-12-23)33(31,32)18-13-21-5-3-2-4-6-21/h2-10,13-14,17-20,23H,11-12,15-16H2,1H3,(H,27,30)/b18-13+/t20-/m1/s1. The number of carbonyl (C=O) groups is 1. The van der Waals surface area contributed by atoms with Gasteiger partial charge in [-0.3, -0.25) is 4.79 Å². The number of hydrogen-bond donors (Lipinski definition) is 1. The van der Waals surface area contributed by atoms with Gasteiger partial charge in [0.25, 0.3) is 0 Å². The molecule has 0 spiro atoms. The van der Waals surface area contributed by atoms with E-state index in [1.165, 1.54) is 9.71 Å². The molecular formula is C25H28N4O3S. The molecule has 1 aliphatic heterocycles. The molecule has 7 nitrogen and oxygen atoms in total. The number of imidazole rings is 1.